The summed E-state index contributed by atoms with van der Waals surface area (Å²) in [6.45, 7) is 8.92. The number of aromatic nitrogens is 2. The van der Waals surface area contributed by atoms with Gasteiger partial charge in [-0.05, 0) is 16.9 Å². The summed E-state index contributed by atoms with van der Waals surface area (Å²) in [5.41, 5.74) is 8.65. The van der Waals surface area contributed by atoms with Gasteiger partial charge in [0.15, 0.2) is 0 Å². The minimum atomic E-state index is -0.255. The molecule has 3 rings (SSSR count). The first-order chi connectivity index (χ1) is 9.69. The zero-order chi connectivity index (χ0) is 15.6. The number of halogens is 1. The Bertz CT molecular complexity index is 699. The molecule has 21 heavy (non-hydrogen) atoms. The molecule has 1 aliphatic carbocycles. The number of nitrogens with zero attached hydrogens (tertiary/aromatic N) is 2. The second-order valence-electron chi connectivity index (χ2n) is 7.13. The number of benzene rings is 1. The third kappa shape index (κ3) is 1.74. The summed E-state index contributed by atoms with van der Waals surface area (Å²) in [4.78, 5) is 0. The molecule has 0 atom stereocenters. The summed E-state index contributed by atoms with van der Waals surface area (Å²) >= 11 is 0. The number of nitrogen functional groups attached to an aromatic ring is 1. The first-order valence-corrected chi connectivity index (χ1v) is 7.27. The van der Waals surface area contributed by atoms with Crippen LogP contribution < -0.4 is 5.73 Å². The molecule has 0 radical (unpaired) electrons. The number of anilines is 1. The lowest BCUT2D eigenvalue weighted by Gasteiger charge is -2.06. The summed E-state index contributed by atoms with van der Waals surface area (Å²) in [6, 6.07) is 6.76. The molecule has 4 heteroatoms. The minimum absolute atomic E-state index is 0.133. The summed E-state index contributed by atoms with van der Waals surface area (Å²) in [5.74, 6) is 0.548. The molecule has 0 spiro atoms. The first-order valence-electron chi connectivity index (χ1n) is 7.27. The van der Waals surface area contributed by atoms with E-state index >= 15 is 0 Å². The molecule has 0 saturated heterocycles. The fourth-order valence-corrected chi connectivity index (χ4v) is 3.58. The molecular formula is C17H22FN3. The van der Waals surface area contributed by atoms with Gasteiger partial charge in [-0.25, -0.2) is 4.39 Å². The molecule has 1 fully saturated rings. The highest BCUT2D eigenvalue weighted by Crippen LogP contribution is 2.74. The molecule has 1 aromatic carbocycles. The van der Waals surface area contributed by atoms with Crippen LogP contribution in [0.4, 0.5) is 10.2 Å². The van der Waals surface area contributed by atoms with E-state index in [-0.39, 0.29) is 22.6 Å². The van der Waals surface area contributed by atoms with Gasteiger partial charge >= 0.3 is 0 Å². The van der Waals surface area contributed by atoms with Crippen molar-refractivity contribution in [3.8, 4) is 11.1 Å². The maximum atomic E-state index is 14.2. The van der Waals surface area contributed by atoms with Crippen molar-refractivity contribution in [2.24, 2.45) is 17.9 Å². The average molecular weight is 287 g/mol. The van der Waals surface area contributed by atoms with E-state index in [9.17, 15) is 4.39 Å². The predicted octanol–water partition coefficient (Wildman–Crippen LogP) is 3.96. The molecule has 1 aliphatic rings. The van der Waals surface area contributed by atoms with Crippen LogP contribution in [-0.4, -0.2) is 9.78 Å². The van der Waals surface area contributed by atoms with Gasteiger partial charge in [0.2, 0.25) is 0 Å². The van der Waals surface area contributed by atoms with Gasteiger partial charge in [-0.2, -0.15) is 5.10 Å². The number of nitrogens with two attached hydrogens (primary N) is 1. The number of hydrogen-bond acceptors (Lipinski definition) is 2. The van der Waals surface area contributed by atoms with Crippen molar-refractivity contribution >= 4 is 5.82 Å². The van der Waals surface area contributed by atoms with Gasteiger partial charge in [0.05, 0.1) is 11.3 Å². The van der Waals surface area contributed by atoms with Crippen molar-refractivity contribution in [1.29, 1.82) is 0 Å². The standard InChI is InChI=1S/C17H22FN3/c1-16(2)14(17(16,3)4)13-12(15(19)21(5)20-13)10-8-6-7-9-11(10)18/h6-9,14H,19H2,1-5H3. The number of rotatable bonds is 2. The van der Waals surface area contributed by atoms with Crippen molar-refractivity contribution in [1.82, 2.24) is 9.78 Å². The Morgan fingerprint density at radius 2 is 1.71 bits per heavy atom. The van der Waals surface area contributed by atoms with E-state index in [0.29, 0.717) is 11.4 Å². The molecule has 1 heterocycles. The SMILES string of the molecule is Cn1nc(C2C(C)(C)C2(C)C)c(-c2ccccc2F)c1N. The average Bonchev–Trinajstić information content (AvgIpc) is 2.64. The molecule has 3 nitrogen and oxygen atoms in total. The van der Waals surface area contributed by atoms with Gasteiger partial charge in [0.1, 0.15) is 11.6 Å². The third-order valence-electron chi connectivity index (χ3n) is 5.56. The van der Waals surface area contributed by atoms with Crippen molar-refractivity contribution in [3.63, 3.8) is 0 Å². The van der Waals surface area contributed by atoms with E-state index in [1.807, 2.05) is 13.1 Å². The largest absolute Gasteiger partial charge is 0.383 e. The molecule has 0 bridgehead atoms. The summed E-state index contributed by atoms with van der Waals surface area (Å²) in [6.07, 6.45) is 0. The van der Waals surface area contributed by atoms with Crippen LogP contribution in [0.2, 0.25) is 0 Å². The normalized spacial score (nSPS) is 19.7. The van der Waals surface area contributed by atoms with E-state index in [0.717, 1.165) is 11.3 Å². The quantitative estimate of drug-likeness (QED) is 0.908. The summed E-state index contributed by atoms with van der Waals surface area (Å²) < 4.78 is 15.9. The van der Waals surface area contributed by atoms with Gasteiger partial charge in [-0.1, -0.05) is 45.9 Å². The molecule has 0 amide bonds. The van der Waals surface area contributed by atoms with Crippen molar-refractivity contribution in [3.05, 3.63) is 35.8 Å². The molecule has 1 saturated carbocycles. The molecule has 0 unspecified atom stereocenters. The Morgan fingerprint density at radius 3 is 2.24 bits per heavy atom. The monoisotopic (exact) mass is 287 g/mol. The lowest BCUT2D eigenvalue weighted by Crippen LogP contribution is -1.98. The second kappa shape index (κ2) is 4.09. The first kappa shape index (κ1) is 14.1. The van der Waals surface area contributed by atoms with E-state index in [1.165, 1.54) is 6.07 Å². The highest BCUT2D eigenvalue weighted by Gasteiger charge is 2.66. The van der Waals surface area contributed by atoms with Crippen molar-refractivity contribution in [2.45, 2.75) is 33.6 Å². The Morgan fingerprint density at radius 1 is 1.14 bits per heavy atom. The Hall–Kier alpha value is -1.84. The van der Waals surface area contributed by atoms with Crippen LogP contribution in [0.1, 0.15) is 39.3 Å². The van der Waals surface area contributed by atoms with Crippen LogP contribution in [0, 0.1) is 16.6 Å². The van der Waals surface area contributed by atoms with Gasteiger partial charge in [0.25, 0.3) is 0 Å². The molecule has 0 aliphatic heterocycles. The predicted molar refractivity (Wildman–Crippen MR) is 83.3 cm³/mol. The molecular weight excluding hydrogens is 265 g/mol. The molecule has 2 N–H and O–H groups in total. The van der Waals surface area contributed by atoms with Gasteiger partial charge < -0.3 is 5.73 Å². The van der Waals surface area contributed by atoms with Crippen LogP contribution >= 0.6 is 0 Å². The van der Waals surface area contributed by atoms with E-state index in [2.05, 4.69) is 32.8 Å². The van der Waals surface area contributed by atoms with E-state index in [1.54, 1.807) is 16.8 Å². The number of hydrogen-bond donors (Lipinski definition) is 1. The molecule has 2 aromatic rings. The second-order valence-corrected chi connectivity index (χ2v) is 7.13. The van der Waals surface area contributed by atoms with E-state index in [4.69, 9.17) is 5.73 Å². The van der Waals surface area contributed by atoms with Crippen molar-refractivity contribution in [2.75, 3.05) is 5.73 Å². The van der Waals surface area contributed by atoms with Crippen LogP contribution in [-0.2, 0) is 7.05 Å². The fourth-order valence-electron chi connectivity index (χ4n) is 3.58. The van der Waals surface area contributed by atoms with Crippen LogP contribution in [0.15, 0.2) is 24.3 Å². The smallest absolute Gasteiger partial charge is 0.131 e. The van der Waals surface area contributed by atoms with E-state index < -0.39 is 0 Å². The lowest BCUT2D eigenvalue weighted by atomic mass is 9.99. The lowest BCUT2D eigenvalue weighted by molar-refractivity contribution is 0.457. The van der Waals surface area contributed by atoms with Crippen LogP contribution in [0.5, 0.6) is 0 Å². The van der Waals surface area contributed by atoms with Crippen LogP contribution in [0.3, 0.4) is 0 Å². The topological polar surface area (TPSA) is 43.8 Å². The Labute approximate surface area is 125 Å². The Kier molecular flexibility index (Phi) is 2.75. The van der Waals surface area contributed by atoms with Gasteiger partial charge in [0, 0.05) is 18.5 Å². The summed E-state index contributed by atoms with van der Waals surface area (Å²) in [5, 5.41) is 4.61. The maximum Gasteiger partial charge on any atom is 0.131 e. The maximum absolute atomic E-state index is 14.2. The van der Waals surface area contributed by atoms with Gasteiger partial charge in [-0.3, -0.25) is 4.68 Å². The molecule has 1 aromatic heterocycles. The Balaban J connectivity index is 2.22. The van der Waals surface area contributed by atoms with Crippen LogP contribution in [0.25, 0.3) is 11.1 Å². The highest BCUT2D eigenvalue weighted by atomic mass is 19.1. The summed E-state index contributed by atoms with van der Waals surface area (Å²) in [7, 11) is 1.81. The zero-order valence-electron chi connectivity index (χ0n) is 13.2. The highest BCUT2D eigenvalue weighted by molar-refractivity contribution is 5.78. The zero-order valence-corrected chi connectivity index (χ0v) is 13.2. The number of aryl methyl sites for hydroxylation is 1. The minimum Gasteiger partial charge on any atom is -0.383 e. The van der Waals surface area contributed by atoms with Crippen molar-refractivity contribution < 1.29 is 4.39 Å². The fraction of sp³-hybridized carbons (Fsp3) is 0.471. The van der Waals surface area contributed by atoms with Gasteiger partial charge in [-0.15, -0.1) is 0 Å². The molecule has 112 valence electrons. The third-order valence-corrected chi connectivity index (χ3v) is 5.56.